The number of hydrogen-bond acceptors (Lipinski definition) is 3. The van der Waals surface area contributed by atoms with Crippen molar-refractivity contribution in [2.45, 2.75) is 6.42 Å². The zero-order valence-corrected chi connectivity index (χ0v) is 9.42. The van der Waals surface area contributed by atoms with Crippen molar-refractivity contribution >= 4 is 40.6 Å². The predicted molar refractivity (Wildman–Crippen MR) is 61.1 cm³/mol. The lowest BCUT2D eigenvalue weighted by atomic mass is 10.4. The zero-order valence-electron chi connectivity index (χ0n) is 6.96. The Morgan fingerprint density at radius 1 is 1.58 bits per heavy atom. The molecule has 0 fully saturated rings. The minimum Gasteiger partial charge on any atom is -0.366 e. The van der Waals surface area contributed by atoms with Crippen LogP contribution in [-0.2, 0) is 0 Å². The number of hydrogen-bond donors (Lipinski definition) is 1. The molecule has 0 aromatic carbocycles. The fourth-order valence-electron chi connectivity index (χ4n) is 0.928. The quantitative estimate of drug-likeness (QED) is 0.765. The molecular weight excluding hydrogens is 210 g/mol. The lowest BCUT2D eigenvalue weighted by molar-refractivity contribution is 0.868. The van der Waals surface area contributed by atoms with Crippen LogP contribution in [0, 0.1) is 0 Å². The van der Waals surface area contributed by atoms with Crippen LogP contribution < -0.4 is 4.90 Å². The van der Waals surface area contributed by atoms with Crippen molar-refractivity contribution in [2.75, 3.05) is 24.2 Å². The summed E-state index contributed by atoms with van der Waals surface area (Å²) in [4.78, 5) is 2.20. The Labute approximate surface area is 87.7 Å². The first-order chi connectivity index (χ1) is 5.74. The molecule has 68 valence electrons. The van der Waals surface area contributed by atoms with E-state index >= 15 is 0 Å². The van der Waals surface area contributed by atoms with Gasteiger partial charge >= 0.3 is 0 Å². The number of rotatable bonds is 4. The van der Waals surface area contributed by atoms with Gasteiger partial charge in [0.25, 0.3) is 0 Å². The molecule has 0 N–H and O–H groups in total. The standard InChI is InChI=1S/C8H12ClNS2/c1-10(5-2-6-11)8-4-3-7(9)12-8/h3-4,11H,2,5-6H2,1H3. The zero-order chi connectivity index (χ0) is 8.97. The Bertz CT molecular complexity index is 237. The molecule has 0 bridgehead atoms. The van der Waals surface area contributed by atoms with Gasteiger partial charge in [-0.3, -0.25) is 0 Å². The number of thiophene rings is 1. The fraction of sp³-hybridized carbons (Fsp3) is 0.500. The molecule has 0 atom stereocenters. The van der Waals surface area contributed by atoms with E-state index in [0.717, 1.165) is 23.1 Å². The molecule has 1 nitrogen and oxygen atoms in total. The van der Waals surface area contributed by atoms with Crippen LogP contribution in [0.5, 0.6) is 0 Å². The lowest BCUT2D eigenvalue weighted by Gasteiger charge is -2.15. The summed E-state index contributed by atoms with van der Waals surface area (Å²) in [6, 6.07) is 3.98. The number of anilines is 1. The van der Waals surface area contributed by atoms with Crippen LogP contribution >= 0.6 is 35.6 Å². The van der Waals surface area contributed by atoms with Gasteiger partial charge in [-0.1, -0.05) is 11.6 Å². The second-order valence-corrected chi connectivity index (χ2v) is 4.72. The summed E-state index contributed by atoms with van der Waals surface area (Å²) in [6.07, 6.45) is 1.11. The molecule has 0 aliphatic rings. The average Bonchev–Trinajstić information content (AvgIpc) is 2.47. The van der Waals surface area contributed by atoms with Crippen LogP contribution in [0.15, 0.2) is 12.1 Å². The van der Waals surface area contributed by atoms with E-state index in [9.17, 15) is 0 Å². The summed E-state index contributed by atoms with van der Waals surface area (Å²) >= 11 is 11.6. The third kappa shape index (κ3) is 2.88. The highest BCUT2D eigenvalue weighted by Crippen LogP contribution is 2.28. The number of halogens is 1. The van der Waals surface area contributed by atoms with Crippen molar-refractivity contribution in [3.05, 3.63) is 16.5 Å². The Balaban J connectivity index is 2.47. The van der Waals surface area contributed by atoms with E-state index in [0.29, 0.717) is 0 Å². The van der Waals surface area contributed by atoms with Gasteiger partial charge in [-0.05, 0) is 24.3 Å². The highest BCUT2D eigenvalue weighted by Gasteiger charge is 2.02. The van der Waals surface area contributed by atoms with Gasteiger partial charge in [0.15, 0.2) is 0 Å². The molecule has 0 unspecified atom stereocenters. The van der Waals surface area contributed by atoms with E-state index in [4.69, 9.17) is 11.6 Å². The van der Waals surface area contributed by atoms with Gasteiger partial charge in [0.05, 0.1) is 9.34 Å². The summed E-state index contributed by atoms with van der Waals surface area (Å²) in [7, 11) is 2.08. The normalized spacial score (nSPS) is 10.2. The van der Waals surface area contributed by atoms with Crippen LogP contribution in [0.3, 0.4) is 0 Å². The molecule has 0 aliphatic heterocycles. The SMILES string of the molecule is CN(CCCS)c1ccc(Cl)s1. The van der Waals surface area contributed by atoms with E-state index < -0.39 is 0 Å². The molecular formula is C8H12ClNS2. The topological polar surface area (TPSA) is 3.24 Å². The van der Waals surface area contributed by atoms with Crippen LogP contribution in [-0.4, -0.2) is 19.3 Å². The van der Waals surface area contributed by atoms with Crippen LogP contribution in [0.2, 0.25) is 4.34 Å². The van der Waals surface area contributed by atoms with E-state index in [-0.39, 0.29) is 0 Å². The molecule has 0 spiro atoms. The van der Waals surface area contributed by atoms with Crippen LogP contribution in [0.25, 0.3) is 0 Å². The average molecular weight is 222 g/mol. The van der Waals surface area contributed by atoms with Gasteiger partial charge < -0.3 is 4.90 Å². The van der Waals surface area contributed by atoms with Gasteiger partial charge in [-0.25, -0.2) is 0 Å². The maximum absolute atomic E-state index is 5.82. The summed E-state index contributed by atoms with van der Waals surface area (Å²) in [5.41, 5.74) is 0. The Kier molecular flexibility index (Phi) is 4.26. The van der Waals surface area contributed by atoms with Crippen molar-refractivity contribution in [1.82, 2.24) is 0 Å². The second kappa shape index (κ2) is 5.00. The molecule has 0 amide bonds. The molecule has 0 aliphatic carbocycles. The van der Waals surface area contributed by atoms with Gasteiger partial charge in [-0.15, -0.1) is 11.3 Å². The van der Waals surface area contributed by atoms with Gasteiger partial charge in [0.2, 0.25) is 0 Å². The summed E-state index contributed by atoms with van der Waals surface area (Å²) in [6.45, 7) is 1.04. The Morgan fingerprint density at radius 3 is 2.83 bits per heavy atom. The Hall–Kier alpha value is 0.140. The van der Waals surface area contributed by atoms with Crippen molar-refractivity contribution in [3.8, 4) is 0 Å². The van der Waals surface area contributed by atoms with E-state index in [1.807, 2.05) is 12.1 Å². The minimum absolute atomic E-state index is 0.850. The van der Waals surface area contributed by atoms with E-state index in [2.05, 4.69) is 24.6 Å². The molecule has 1 aromatic rings. The highest BCUT2D eigenvalue weighted by molar-refractivity contribution is 7.80. The van der Waals surface area contributed by atoms with Gasteiger partial charge in [0.1, 0.15) is 0 Å². The second-order valence-electron chi connectivity index (χ2n) is 2.58. The molecule has 1 rings (SSSR count). The number of nitrogens with zero attached hydrogens (tertiary/aromatic N) is 1. The van der Waals surface area contributed by atoms with Crippen molar-refractivity contribution < 1.29 is 0 Å². The van der Waals surface area contributed by atoms with Gasteiger partial charge in [0, 0.05) is 13.6 Å². The lowest BCUT2D eigenvalue weighted by Crippen LogP contribution is -2.17. The summed E-state index contributed by atoms with van der Waals surface area (Å²) in [5.74, 6) is 0.934. The first kappa shape index (κ1) is 10.2. The highest BCUT2D eigenvalue weighted by atomic mass is 35.5. The molecule has 4 heteroatoms. The largest absolute Gasteiger partial charge is 0.366 e. The van der Waals surface area contributed by atoms with Crippen LogP contribution in [0.4, 0.5) is 5.00 Å². The monoisotopic (exact) mass is 221 g/mol. The van der Waals surface area contributed by atoms with E-state index in [1.54, 1.807) is 11.3 Å². The maximum Gasteiger partial charge on any atom is 0.0950 e. The van der Waals surface area contributed by atoms with Gasteiger partial charge in [-0.2, -0.15) is 12.6 Å². The van der Waals surface area contributed by atoms with Crippen molar-refractivity contribution in [2.24, 2.45) is 0 Å². The van der Waals surface area contributed by atoms with E-state index in [1.165, 1.54) is 5.00 Å². The first-order valence-corrected chi connectivity index (χ1v) is 5.64. The third-order valence-electron chi connectivity index (χ3n) is 1.59. The molecule has 1 heterocycles. The molecule has 0 saturated carbocycles. The molecule has 1 aromatic heterocycles. The van der Waals surface area contributed by atoms with Crippen molar-refractivity contribution in [3.63, 3.8) is 0 Å². The smallest absolute Gasteiger partial charge is 0.0950 e. The molecule has 0 saturated heterocycles. The number of thiol groups is 1. The predicted octanol–water partition coefficient (Wildman–Crippen LogP) is 3.16. The maximum atomic E-state index is 5.82. The van der Waals surface area contributed by atoms with Crippen LogP contribution in [0.1, 0.15) is 6.42 Å². The summed E-state index contributed by atoms with van der Waals surface area (Å²) < 4.78 is 0.850. The Morgan fingerprint density at radius 2 is 2.33 bits per heavy atom. The third-order valence-corrected chi connectivity index (χ3v) is 3.25. The first-order valence-electron chi connectivity index (χ1n) is 3.81. The fourth-order valence-corrected chi connectivity index (χ4v) is 2.09. The molecule has 0 radical (unpaired) electrons. The molecule has 12 heavy (non-hydrogen) atoms. The van der Waals surface area contributed by atoms with Crippen molar-refractivity contribution in [1.29, 1.82) is 0 Å². The summed E-state index contributed by atoms with van der Waals surface area (Å²) in [5, 5.41) is 1.22. The minimum atomic E-state index is 0.850.